The lowest BCUT2D eigenvalue weighted by Gasteiger charge is -2.39. The first-order valence-corrected chi connectivity index (χ1v) is 29.5. The highest BCUT2D eigenvalue weighted by atomic mass is 19.1. The van der Waals surface area contributed by atoms with E-state index in [1.165, 1.54) is 40.7 Å². The van der Waals surface area contributed by atoms with Crippen LogP contribution in [-0.2, 0) is 40.0 Å². The Morgan fingerprint density at radius 3 is 1.99 bits per heavy atom. The molecule has 0 saturated carbocycles. The van der Waals surface area contributed by atoms with Crippen molar-refractivity contribution in [1.29, 1.82) is 0 Å². The lowest BCUT2D eigenvalue weighted by Crippen LogP contribution is -2.49. The number of nitrogens with two attached hydrogens (primary N) is 1. The normalized spacial score (nSPS) is 16.4. The molecular formula is C61H73FN14O9. The molecule has 4 aliphatic heterocycles. The second kappa shape index (κ2) is 26.4. The number of halogens is 1. The van der Waals surface area contributed by atoms with Crippen LogP contribution in [0.1, 0.15) is 123 Å². The van der Waals surface area contributed by atoms with Gasteiger partial charge in [-0.3, -0.25) is 43.0 Å². The highest BCUT2D eigenvalue weighted by Gasteiger charge is 2.36. The van der Waals surface area contributed by atoms with Gasteiger partial charge in [-0.05, 0) is 111 Å². The second-order valence-electron chi connectivity index (χ2n) is 22.8. The molecule has 3 aromatic carbocycles. The van der Waals surface area contributed by atoms with E-state index in [1.807, 2.05) is 35.8 Å². The van der Waals surface area contributed by atoms with Gasteiger partial charge in [-0.15, -0.1) is 0 Å². The minimum absolute atomic E-state index is 0.0511. The zero-order chi connectivity index (χ0) is 59.9. The van der Waals surface area contributed by atoms with Crippen LogP contribution in [-0.4, -0.2) is 164 Å². The molecule has 23 nitrogen and oxygen atoms in total. The van der Waals surface area contributed by atoms with Crippen LogP contribution in [0.2, 0.25) is 0 Å². The van der Waals surface area contributed by atoms with Gasteiger partial charge in [0, 0.05) is 99.1 Å². The molecule has 6 aromatic rings. The SMILES string of the molecule is COC(=O)CNC(=O)CNC(=O)Cn1nc(C(C)C)c2c(-c3cc4c(cnn4C(=O)CCC(=O)N4CCC(C(=O)N5CCC(C(=O)N6CCC(c7ccc(Nc8nc(N9CCCCC9)cnc8C(N)=O)cc7)CC6)CC5)CC4)cc3F)cccc21. The Kier molecular flexibility index (Phi) is 18.4. The van der Waals surface area contributed by atoms with Crippen LogP contribution in [0.3, 0.4) is 0 Å². The molecule has 3 aromatic heterocycles. The third kappa shape index (κ3) is 13.6. The molecule has 6 amide bonds. The molecule has 0 atom stereocenters. The first-order chi connectivity index (χ1) is 41.0. The predicted molar refractivity (Wildman–Crippen MR) is 314 cm³/mol. The number of aromatic nitrogens is 6. The fourth-order valence-electron chi connectivity index (χ4n) is 12.2. The van der Waals surface area contributed by atoms with E-state index in [1.54, 1.807) is 35.4 Å². The van der Waals surface area contributed by atoms with E-state index in [9.17, 15) is 38.4 Å². The lowest BCUT2D eigenvalue weighted by atomic mass is 9.87. The molecule has 448 valence electrons. The number of fused-ring (bicyclic) bond motifs is 2. The van der Waals surface area contributed by atoms with Gasteiger partial charge in [0.25, 0.3) is 5.91 Å². The molecule has 0 radical (unpaired) electrons. The Labute approximate surface area is 491 Å². The predicted octanol–water partition coefficient (Wildman–Crippen LogP) is 5.65. The molecule has 7 heterocycles. The van der Waals surface area contributed by atoms with Crippen molar-refractivity contribution in [3.63, 3.8) is 0 Å². The van der Waals surface area contributed by atoms with Crippen LogP contribution >= 0.6 is 0 Å². The van der Waals surface area contributed by atoms with E-state index in [0.717, 1.165) is 44.5 Å². The monoisotopic (exact) mass is 1160 g/mol. The Morgan fingerprint density at radius 2 is 1.34 bits per heavy atom. The summed E-state index contributed by atoms with van der Waals surface area (Å²) in [5.41, 5.74) is 9.84. The number of ether oxygens (including phenoxy) is 1. The van der Waals surface area contributed by atoms with Crippen molar-refractivity contribution >= 4 is 86.4 Å². The summed E-state index contributed by atoms with van der Waals surface area (Å²) >= 11 is 0. The first kappa shape index (κ1) is 59.3. The van der Waals surface area contributed by atoms with Gasteiger partial charge in [-0.1, -0.05) is 38.1 Å². The van der Waals surface area contributed by atoms with Gasteiger partial charge in [0.2, 0.25) is 35.4 Å². The van der Waals surface area contributed by atoms with Crippen LogP contribution in [0.4, 0.5) is 21.7 Å². The number of hydrogen-bond donors (Lipinski definition) is 4. The van der Waals surface area contributed by atoms with E-state index in [-0.39, 0.29) is 79.2 Å². The maximum Gasteiger partial charge on any atom is 0.325 e. The number of benzene rings is 3. The van der Waals surface area contributed by atoms with Crippen molar-refractivity contribution in [2.45, 2.75) is 103 Å². The minimum Gasteiger partial charge on any atom is -0.468 e. The van der Waals surface area contributed by atoms with Gasteiger partial charge in [-0.2, -0.15) is 10.2 Å². The van der Waals surface area contributed by atoms with Crippen LogP contribution in [0.5, 0.6) is 0 Å². The molecule has 0 aliphatic carbocycles. The van der Waals surface area contributed by atoms with Crippen molar-refractivity contribution in [2.75, 3.05) is 82.8 Å². The van der Waals surface area contributed by atoms with Crippen molar-refractivity contribution in [3.8, 4) is 11.1 Å². The number of hydrogen-bond acceptors (Lipinski definition) is 15. The number of methoxy groups -OCH3 is 1. The average Bonchev–Trinajstić information content (AvgIpc) is 2.04. The lowest BCUT2D eigenvalue weighted by molar-refractivity contribution is -0.145. The molecule has 0 bridgehead atoms. The van der Waals surface area contributed by atoms with Gasteiger partial charge < -0.3 is 46.0 Å². The minimum atomic E-state index is -0.651. The van der Waals surface area contributed by atoms with E-state index < -0.39 is 35.4 Å². The number of nitrogens with one attached hydrogen (secondary N) is 3. The number of nitrogens with zero attached hydrogens (tertiary/aromatic N) is 10. The number of piperidine rings is 4. The summed E-state index contributed by atoms with van der Waals surface area (Å²) < 4.78 is 23.3. The van der Waals surface area contributed by atoms with Crippen molar-refractivity contribution in [1.82, 2.24) is 54.9 Å². The van der Waals surface area contributed by atoms with Crippen molar-refractivity contribution in [3.05, 3.63) is 89.8 Å². The number of esters is 1. The number of carbonyl (C=O) groups excluding carboxylic acids is 8. The number of rotatable bonds is 18. The quantitative estimate of drug-likeness (QED) is 0.0757. The second-order valence-corrected chi connectivity index (χ2v) is 22.8. The van der Waals surface area contributed by atoms with Crippen LogP contribution in [0.15, 0.2) is 67.0 Å². The summed E-state index contributed by atoms with van der Waals surface area (Å²) in [6, 6.07) is 16.2. The van der Waals surface area contributed by atoms with E-state index in [0.29, 0.717) is 116 Å². The molecule has 0 unspecified atom stereocenters. The Bertz CT molecular complexity index is 3500. The summed E-state index contributed by atoms with van der Waals surface area (Å²) in [6.45, 7) is 7.74. The highest BCUT2D eigenvalue weighted by molar-refractivity contribution is 6.01. The third-order valence-electron chi connectivity index (χ3n) is 17.0. The van der Waals surface area contributed by atoms with Gasteiger partial charge >= 0.3 is 5.97 Å². The topological polar surface area (TPSA) is 282 Å². The molecule has 4 aliphatic rings. The number of carbonyl (C=O) groups is 8. The van der Waals surface area contributed by atoms with E-state index in [4.69, 9.17) is 15.8 Å². The van der Waals surface area contributed by atoms with Crippen molar-refractivity contribution in [2.24, 2.45) is 17.6 Å². The fourth-order valence-corrected chi connectivity index (χ4v) is 12.2. The number of anilines is 3. The van der Waals surface area contributed by atoms with Crippen LogP contribution in [0, 0.1) is 17.7 Å². The molecule has 4 saturated heterocycles. The molecule has 85 heavy (non-hydrogen) atoms. The molecule has 4 fully saturated rings. The summed E-state index contributed by atoms with van der Waals surface area (Å²) in [6.07, 6.45) is 10.0. The van der Waals surface area contributed by atoms with Gasteiger partial charge in [0.05, 0.1) is 42.8 Å². The zero-order valence-electron chi connectivity index (χ0n) is 48.3. The summed E-state index contributed by atoms with van der Waals surface area (Å²) in [5, 5.41) is 18.2. The van der Waals surface area contributed by atoms with E-state index in [2.05, 4.69) is 47.8 Å². The van der Waals surface area contributed by atoms with Gasteiger partial charge in [-0.25, -0.2) is 19.0 Å². The average molecular weight is 1170 g/mol. The van der Waals surface area contributed by atoms with Gasteiger partial charge in [0.15, 0.2) is 11.5 Å². The highest BCUT2D eigenvalue weighted by Crippen LogP contribution is 2.38. The van der Waals surface area contributed by atoms with Gasteiger partial charge in [0.1, 0.15) is 24.7 Å². The molecule has 5 N–H and O–H groups in total. The Hall–Kier alpha value is -8.83. The molecular weight excluding hydrogens is 1090 g/mol. The maximum atomic E-state index is 16.1. The standard InChI is InChI=1S/C61H73FN14O9/c1-37(2)56-55-44(8-7-9-47(55)75(70-56)36-51(78)64-34-50(77)65-35-54(81)85-3)45-31-48-42(30-46(45)62)32-67-76(48)53(80)15-14-52(79)72-24-18-40(19-25-72)60(83)74-28-20-41(21-29-74)61(84)73-26-16-39(17-27-73)38-10-12-43(13-11-38)68-59-57(58(63)82)66-33-49(69-59)71-22-5-4-6-23-71/h7-13,30-33,37,39-41H,4-6,14-29,34-36H2,1-3H3,(H2,63,82)(H,64,78)(H,65,77)(H,68,69). The maximum absolute atomic E-state index is 16.1. The largest absolute Gasteiger partial charge is 0.468 e. The Morgan fingerprint density at radius 1 is 0.706 bits per heavy atom. The van der Waals surface area contributed by atoms with Crippen molar-refractivity contribution < 1.29 is 47.5 Å². The fraction of sp³-hybridized carbons (Fsp3) is 0.475. The molecule has 0 spiro atoms. The number of amides is 6. The van der Waals surface area contributed by atoms with E-state index >= 15 is 4.39 Å². The number of primary amides is 1. The third-order valence-corrected chi connectivity index (χ3v) is 17.0. The first-order valence-electron chi connectivity index (χ1n) is 29.5. The Balaban J connectivity index is 0.670. The number of likely N-dealkylation sites (tertiary alicyclic amines) is 3. The molecule has 10 rings (SSSR count). The zero-order valence-corrected chi connectivity index (χ0v) is 48.3. The summed E-state index contributed by atoms with van der Waals surface area (Å²) in [4.78, 5) is 120. The summed E-state index contributed by atoms with van der Waals surface area (Å²) in [5.74, 6) is -2.60. The summed E-state index contributed by atoms with van der Waals surface area (Å²) in [7, 11) is 1.19. The van der Waals surface area contributed by atoms with Crippen LogP contribution in [0.25, 0.3) is 32.9 Å². The molecule has 24 heteroatoms. The van der Waals surface area contributed by atoms with Crippen LogP contribution < -0.4 is 26.6 Å². The smallest absolute Gasteiger partial charge is 0.325 e.